The third kappa shape index (κ3) is 4.60. The standard InChI is InChI=1S/C23H24F3N3O4/c1-2-29(19(30)15-9-11-22(12-10-15)20(31)27-21(32)28-22)13-17-7-8-18(33-17)14-3-5-16(6-4-14)23(24,25)26/h3-8,15H,2,9-13H2,1H3,(H2,27,28,31,32). The van der Waals surface area contributed by atoms with Gasteiger partial charge >= 0.3 is 12.2 Å². The molecule has 1 aliphatic heterocycles. The number of hydrogen-bond acceptors (Lipinski definition) is 4. The Labute approximate surface area is 188 Å². The Morgan fingerprint density at radius 3 is 2.33 bits per heavy atom. The molecule has 1 aliphatic carbocycles. The summed E-state index contributed by atoms with van der Waals surface area (Å²) in [7, 11) is 0. The van der Waals surface area contributed by atoms with Crippen LogP contribution in [0.25, 0.3) is 11.3 Å². The van der Waals surface area contributed by atoms with E-state index in [9.17, 15) is 27.6 Å². The second-order valence-corrected chi connectivity index (χ2v) is 8.46. The van der Waals surface area contributed by atoms with Gasteiger partial charge in [-0.15, -0.1) is 0 Å². The molecular formula is C23H24F3N3O4. The lowest BCUT2D eigenvalue weighted by Gasteiger charge is -2.35. The van der Waals surface area contributed by atoms with E-state index in [-0.39, 0.29) is 24.3 Å². The first-order valence-electron chi connectivity index (χ1n) is 10.8. The third-order valence-corrected chi connectivity index (χ3v) is 6.40. The van der Waals surface area contributed by atoms with Crippen LogP contribution in [-0.4, -0.2) is 34.8 Å². The zero-order valence-corrected chi connectivity index (χ0v) is 18.0. The molecule has 176 valence electrons. The van der Waals surface area contributed by atoms with Gasteiger partial charge in [-0.1, -0.05) is 12.1 Å². The summed E-state index contributed by atoms with van der Waals surface area (Å²) in [4.78, 5) is 38.3. The second kappa shape index (κ2) is 8.57. The maximum atomic E-state index is 13.1. The van der Waals surface area contributed by atoms with Gasteiger partial charge in [0, 0.05) is 18.0 Å². The second-order valence-electron chi connectivity index (χ2n) is 8.46. The molecule has 2 fully saturated rings. The van der Waals surface area contributed by atoms with Gasteiger partial charge in [0.1, 0.15) is 17.1 Å². The van der Waals surface area contributed by atoms with Crippen LogP contribution >= 0.6 is 0 Å². The van der Waals surface area contributed by atoms with Crippen LogP contribution in [0.1, 0.15) is 43.9 Å². The van der Waals surface area contributed by atoms with E-state index in [0.717, 1.165) is 12.1 Å². The number of benzene rings is 1. The normalized spacial score (nSPS) is 22.8. The summed E-state index contributed by atoms with van der Waals surface area (Å²) >= 11 is 0. The number of nitrogens with one attached hydrogen (secondary N) is 2. The first-order chi connectivity index (χ1) is 15.6. The SMILES string of the molecule is CCN(Cc1ccc(-c2ccc(C(F)(F)F)cc2)o1)C(=O)C1CCC2(CC1)NC(=O)NC2=O. The molecule has 1 spiro atoms. The van der Waals surface area contributed by atoms with E-state index in [1.54, 1.807) is 17.0 Å². The first-order valence-corrected chi connectivity index (χ1v) is 10.8. The highest BCUT2D eigenvalue weighted by Crippen LogP contribution is 2.36. The summed E-state index contributed by atoms with van der Waals surface area (Å²) in [6.45, 7) is 2.54. The van der Waals surface area contributed by atoms with E-state index in [0.29, 0.717) is 49.3 Å². The molecular weight excluding hydrogens is 439 g/mol. The van der Waals surface area contributed by atoms with E-state index in [2.05, 4.69) is 10.6 Å². The number of amides is 4. The van der Waals surface area contributed by atoms with Crippen LogP contribution < -0.4 is 10.6 Å². The van der Waals surface area contributed by atoms with Gasteiger partial charge in [-0.05, 0) is 56.9 Å². The molecule has 0 atom stereocenters. The maximum absolute atomic E-state index is 13.1. The molecule has 1 saturated heterocycles. The number of carbonyl (C=O) groups is 3. The van der Waals surface area contributed by atoms with Gasteiger partial charge in [0.2, 0.25) is 5.91 Å². The molecule has 10 heteroatoms. The van der Waals surface area contributed by atoms with Crippen LogP contribution in [0, 0.1) is 5.92 Å². The highest BCUT2D eigenvalue weighted by Gasteiger charge is 2.49. The molecule has 1 aromatic heterocycles. The predicted octanol–water partition coefficient (Wildman–Crippen LogP) is 4.08. The number of halogens is 3. The van der Waals surface area contributed by atoms with Crippen LogP contribution in [-0.2, 0) is 22.3 Å². The molecule has 33 heavy (non-hydrogen) atoms. The fourth-order valence-corrected chi connectivity index (χ4v) is 4.47. The van der Waals surface area contributed by atoms with Gasteiger partial charge in [0.05, 0.1) is 12.1 Å². The fourth-order valence-electron chi connectivity index (χ4n) is 4.47. The number of furan rings is 1. The Kier molecular flexibility index (Phi) is 5.94. The van der Waals surface area contributed by atoms with Crippen molar-refractivity contribution >= 4 is 17.8 Å². The number of alkyl halides is 3. The van der Waals surface area contributed by atoms with E-state index in [1.807, 2.05) is 6.92 Å². The van der Waals surface area contributed by atoms with Crippen molar-refractivity contribution in [2.24, 2.45) is 5.92 Å². The Morgan fingerprint density at radius 2 is 1.79 bits per heavy atom. The molecule has 2 N–H and O–H groups in total. The van der Waals surface area contributed by atoms with Crippen molar-refractivity contribution in [3.8, 4) is 11.3 Å². The molecule has 0 unspecified atom stereocenters. The topological polar surface area (TPSA) is 91.7 Å². The average molecular weight is 463 g/mol. The zero-order valence-electron chi connectivity index (χ0n) is 18.0. The van der Waals surface area contributed by atoms with Crippen molar-refractivity contribution in [2.45, 2.75) is 50.9 Å². The number of nitrogens with zero attached hydrogens (tertiary/aromatic N) is 1. The van der Waals surface area contributed by atoms with Gasteiger partial charge in [-0.25, -0.2) is 4.79 Å². The van der Waals surface area contributed by atoms with E-state index in [4.69, 9.17) is 4.42 Å². The number of rotatable bonds is 5. The quantitative estimate of drug-likeness (QED) is 0.654. The summed E-state index contributed by atoms with van der Waals surface area (Å²) in [5.41, 5.74) is -1.13. The molecule has 1 aromatic carbocycles. The molecule has 2 aliphatic rings. The maximum Gasteiger partial charge on any atom is 0.416 e. The lowest BCUT2D eigenvalue weighted by Crippen LogP contribution is -2.51. The Hall–Kier alpha value is -3.30. The number of urea groups is 1. The lowest BCUT2D eigenvalue weighted by atomic mass is 9.76. The average Bonchev–Trinajstić information content (AvgIpc) is 3.35. The van der Waals surface area contributed by atoms with Gasteiger partial charge in [0.15, 0.2) is 0 Å². The van der Waals surface area contributed by atoms with Crippen LogP contribution in [0.3, 0.4) is 0 Å². The van der Waals surface area contributed by atoms with Crippen LogP contribution in [0.2, 0.25) is 0 Å². The van der Waals surface area contributed by atoms with E-state index < -0.39 is 23.3 Å². The van der Waals surface area contributed by atoms with Crippen molar-refractivity contribution in [1.29, 1.82) is 0 Å². The summed E-state index contributed by atoms with van der Waals surface area (Å²) in [6, 6.07) is 7.58. The van der Waals surface area contributed by atoms with Crippen molar-refractivity contribution in [2.75, 3.05) is 6.54 Å². The minimum Gasteiger partial charge on any atom is -0.459 e. The molecule has 0 bridgehead atoms. The van der Waals surface area contributed by atoms with Crippen molar-refractivity contribution in [3.63, 3.8) is 0 Å². The number of imide groups is 1. The van der Waals surface area contributed by atoms with E-state index >= 15 is 0 Å². The van der Waals surface area contributed by atoms with Crippen LogP contribution in [0.5, 0.6) is 0 Å². The molecule has 7 nitrogen and oxygen atoms in total. The van der Waals surface area contributed by atoms with Crippen molar-refractivity contribution in [3.05, 3.63) is 47.7 Å². The molecule has 2 heterocycles. The zero-order chi connectivity index (χ0) is 23.8. The third-order valence-electron chi connectivity index (χ3n) is 6.40. The van der Waals surface area contributed by atoms with Crippen molar-refractivity contribution < 1.29 is 32.0 Å². The number of carbonyl (C=O) groups excluding carboxylic acids is 3. The molecule has 0 radical (unpaired) electrons. The van der Waals surface area contributed by atoms with Gasteiger partial charge in [-0.3, -0.25) is 14.9 Å². The summed E-state index contributed by atoms with van der Waals surface area (Å²) in [5, 5.41) is 4.95. The minimum absolute atomic E-state index is 0.0513. The molecule has 4 amide bonds. The van der Waals surface area contributed by atoms with E-state index in [1.165, 1.54) is 12.1 Å². The highest BCUT2D eigenvalue weighted by molar-refractivity contribution is 6.07. The predicted molar refractivity (Wildman–Crippen MR) is 112 cm³/mol. The Morgan fingerprint density at radius 1 is 1.12 bits per heavy atom. The van der Waals surface area contributed by atoms with Crippen LogP contribution in [0.15, 0.2) is 40.8 Å². The molecule has 4 rings (SSSR count). The lowest BCUT2D eigenvalue weighted by molar-refractivity contribution is -0.139. The monoisotopic (exact) mass is 463 g/mol. The van der Waals surface area contributed by atoms with Crippen molar-refractivity contribution in [1.82, 2.24) is 15.5 Å². The van der Waals surface area contributed by atoms with Gasteiger partial charge in [-0.2, -0.15) is 13.2 Å². The summed E-state index contributed by atoms with van der Waals surface area (Å²) in [5.74, 6) is 0.298. The van der Waals surface area contributed by atoms with Gasteiger partial charge < -0.3 is 14.6 Å². The smallest absolute Gasteiger partial charge is 0.416 e. The number of hydrogen-bond donors (Lipinski definition) is 2. The molecule has 2 aromatic rings. The molecule has 1 saturated carbocycles. The first kappa shape index (κ1) is 22.9. The summed E-state index contributed by atoms with van der Waals surface area (Å²) in [6.07, 6.45) is -2.63. The Balaban J connectivity index is 1.38. The van der Waals surface area contributed by atoms with Gasteiger partial charge in [0.25, 0.3) is 5.91 Å². The fraction of sp³-hybridized carbons (Fsp3) is 0.435. The highest BCUT2D eigenvalue weighted by atomic mass is 19.4. The van der Waals surface area contributed by atoms with Crippen LogP contribution in [0.4, 0.5) is 18.0 Å². The Bertz CT molecular complexity index is 1050. The largest absolute Gasteiger partial charge is 0.459 e. The minimum atomic E-state index is -4.40. The summed E-state index contributed by atoms with van der Waals surface area (Å²) < 4.78 is 44.1.